The number of amides is 5. The molecule has 5 amide bonds. The van der Waals surface area contributed by atoms with E-state index in [2.05, 4.69) is 16.0 Å². The second-order valence-corrected chi connectivity index (χ2v) is 10.1. The Balaban J connectivity index is 2.86. The summed E-state index contributed by atoms with van der Waals surface area (Å²) in [4.78, 5) is 63.7. The first-order chi connectivity index (χ1) is 16.3. The Labute approximate surface area is 207 Å². The number of rotatable bonds is 12. The molecule has 0 aromatic heterocycles. The van der Waals surface area contributed by atoms with Crippen molar-refractivity contribution in [2.24, 2.45) is 17.4 Å². The van der Waals surface area contributed by atoms with Gasteiger partial charge in [-0.15, -0.1) is 0 Å². The van der Waals surface area contributed by atoms with E-state index in [9.17, 15) is 24.0 Å². The Morgan fingerprint density at radius 2 is 1.74 bits per heavy atom. The van der Waals surface area contributed by atoms with E-state index >= 15 is 0 Å². The van der Waals surface area contributed by atoms with Crippen LogP contribution < -0.4 is 27.4 Å². The zero-order chi connectivity index (χ0) is 26.8. The van der Waals surface area contributed by atoms with Gasteiger partial charge in [0.15, 0.2) is 0 Å². The molecule has 0 aromatic carbocycles. The van der Waals surface area contributed by atoms with Crippen LogP contribution in [0.25, 0.3) is 0 Å². The molecule has 3 unspecified atom stereocenters. The summed E-state index contributed by atoms with van der Waals surface area (Å²) in [6, 6.07) is -2.50. The second-order valence-electron chi connectivity index (χ2n) is 10.1. The fraction of sp³-hybridized carbons (Fsp3) is 0.783. The van der Waals surface area contributed by atoms with E-state index in [-0.39, 0.29) is 12.5 Å². The second kappa shape index (κ2) is 13.9. The molecule has 35 heavy (non-hydrogen) atoms. The lowest BCUT2D eigenvalue weighted by molar-refractivity contribution is -0.142. The van der Waals surface area contributed by atoms with Crippen molar-refractivity contribution in [3.05, 3.63) is 0 Å². The minimum Gasteiger partial charge on any atom is -0.444 e. The molecule has 0 bridgehead atoms. The van der Waals surface area contributed by atoms with Crippen molar-refractivity contribution >= 4 is 29.7 Å². The van der Waals surface area contributed by atoms with Crippen molar-refractivity contribution in [1.29, 1.82) is 0 Å². The maximum absolute atomic E-state index is 13.4. The third-order valence-electron chi connectivity index (χ3n) is 5.48. The lowest BCUT2D eigenvalue weighted by Gasteiger charge is -2.30. The summed E-state index contributed by atoms with van der Waals surface area (Å²) >= 11 is 0. The van der Waals surface area contributed by atoms with E-state index in [0.29, 0.717) is 45.2 Å². The Morgan fingerprint density at radius 1 is 1.09 bits per heavy atom. The molecule has 200 valence electrons. The maximum Gasteiger partial charge on any atom is 0.408 e. The first-order valence-corrected chi connectivity index (χ1v) is 12.1. The van der Waals surface area contributed by atoms with Crippen LogP contribution in [0.4, 0.5) is 4.79 Å². The lowest BCUT2D eigenvalue weighted by Crippen LogP contribution is -2.57. The van der Waals surface area contributed by atoms with Crippen LogP contribution in [0, 0.1) is 5.92 Å². The summed E-state index contributed by atoms with van der Waals surface area (Å²) in [7, 11) is 0. The van der Waals surface area contributed by atoms with E-state index in [0.717, 1.165) is 0 Å². The summed E-state index contributed by atoms with van der Waals surface area (Å²) in [5, 5.41) is 7.68. The molecule has 1 heterocycles. The van der Waals surface area contributed by atoms with E-state index < -0.39 is 53.4 Å². The number of ether oxygens (including phenoxy) is 1. The average molecular weight is 499 g/mol. The van der Waals surface area contributed by atoms with Gasteiger partial charge in [-0.2, -0.15) is 0 Å². The van der Waals surface area contributed by atoms with Crippen LogP contribution in [-0.4, -0.2) is 78.0 Å². The number of nitrogens with one attached hydrogen (secondary N) is 3. The molecule has 12 heteroatoms. The molecule has 0 radical (unpaired) electrons. The number of alkyl carbamates (subject to hydrolysis) is 1. The smallest absolute Gasteiger partial charge is 0.408 e. The molecule has 3 atom stereocenters. The summed E-state index contributed by atoms with van der Waals surface area (Å²) in [5.41, 5.74) is 10.3. The summed E-state index contributed by atoms with van der Waals surface area (Å²) < 4.78 is 5.11. The first kappa shape index (κ1) is 30.1. The highest BCUT2D eigenvalue weighted by atomic mass is 16.6. The van der Waals surface area contributed by atoms with E-state index in [1.165, 1.54) is 4.90 Å². The molecule has 12 nitrogen and oxygen atoms in total. The zero-order valence-corrected chi connectivity index (χ0v) is 21.5. The average Bonchev–Trinajstić information content (AvgIpc) is 3.23. The topological polar surface area (TPSA) is 186 Å². The molecule has 0 aliphatic carbocycles. The van der Waals surface area contributed by atoms with Crippen LogP contribution in [0.15, 0.2) is 0 Å². The van der Waals surface area contributed by atoms with Gasteiger partial charge in [0.1, 0.15) is 30.3 Å². The number of carbonyl (C=O) groups is 5. The summed E-state index contributed by atoms with van der Waals surface area (Å²) in [6.07, 6.45) is 1.88. The maximum atomic E-state index is 13.4. The van der Waals surface area contributed by atoms with Crippen molar-refractivity contribution in [2.75, 3.05) is 19.6 Å². The molecule has 1 saturated heterocycles. The number of hydrogen-bond acceptors (Lipinski definition) is 7. The fourth-order valence-corrected chi connectivity index (χ4v) is 3.78. The Bertz CT molecular complexity index is 766. The fourth-order valence-electron chi connectivity index (χ4n) is 3.78. The van der Waals surface area contributed by atoms with E-state index in [4.69, 9.17) is 16.2 Å². The standard InChI is InChI=1S/C23H42N6O6/c1-14(2)18(19(25)31)28-20(32)16-10-8-12-29(16)21(33)15(9-6-7-11-24)27-17(30)13-26-22(34)35-23(3,4)5/h14-16,18H,6-13,24H2,1-5H3,(H2,25,31)(H,26,34)(H,27,30)(H,28,32). The number of nitrogens with zero attached hydrogens (tertiary/aromatic N) is 1. The first-order valence-electron chi connectivity index (χ1n) is 12.1. The molecule has 1 aliphatic heterocycles. The number of primary amides is 1. The van der Waals surface area contributed by atoms with Crippen molar-refractivity contribution in [2.45, 2.75) is 90.4 Å². The number of nitrogens with two attached hydrogens (primary N) is 2. The molecule has 0 spiro atoms. The Morgan fingerprint density at radius 3 is 2.29 bits per heavy atom. The normalized spacial score (nSPS) is 17.5. The third kappa shape index (κ3) is 10.5. The molecule has 0 saturated carbocycles. The summed E-state index contributed by atoms with van der Waals surface area (Å²) in [5.74, 6) is -2.26. The number of unbranched alkanes of at least 4 members (excludes halogenated alkanes) is 1. The highest BCUT2D eigenvalue weighted by molar-refractivity contribution is 5.94. The van der Waals surface area contributed by atoms with Gasteiger partial charge >= 0.3 is 6.09 Å². The van der Waals surface area contributed by atoms with E-state index in [1.54, 1.807) is 34.6 Å². The minimum absolute atomic E-state index is 0.206. The summed E-state index contributed by atoms with van der Waals surface area (Å²) in [6.45, 7) is 9.06. The quantitative estimate of drug-likeness (QED) is 0.229. The Kier molecular flexibility index (Phi) is 11.9. The van der Waals surface area contributed by atoms with E-state index in [1.807, 2.05) is 0 Å². The van der Waals surface area contributed by atoms with Gasteiger partial charge in [0.25, 0.3) is 0 Å². The highest BCUT2D eigenvalue weighted by Gasteiger charge is 2.38. The van der Waals surface area contributed by atoms with Crippen LogP contribution >= 0.6 is 0 Å². The van der Waals surface area contributed by atoms with Gasteiger partial charge in [-0.3, -0.25) is 19.2 Å². The van der Waals surface area contributed by atoms with Crippen LogP contribution in [-0.2, 0) is 23.9 Å². The van der Waals surface area contributed by atoms with Gasteiger partial charge in [0, 0.05) is 6.54 Å². The molecule has 1 aliphatic rings. The molecule has 0 aromatic rings. The van der Waals surface area contributed by atoms with Gasteiger partial charge in [-0.05, 0) is 65.3 Å². The molecule has 1 fully saturated rings. The van der Waals surface area contributed by atoms with Crippen LogP contribution in [0.1, 0.15) is 66.7 Å². The number of hydrogen-bond donors (Lipinski definition) is 5. The largest absolute Gasteiger partial charge is 0.444 e. The highest BCUT2D eigenvalue weighted by Crippen LogP contribution is 2.20. The van der Waals surface area contributed by atoms with Gasteiger partial charge < -0.3 is 37.1 Å². The zero-order valence-electron chi connectivity index (χ0n) is 21.5. The van der Waals surface area contributed by atoms with Crippen LogP contribution in [0.5, 0.6) is 0 Å². The van der Waals surface area contributed by atoms with Gasteiger partial charge in [-0.25, -0.2) is 4.79 Å². The van der Waals surface area contributed by atoms with Crippen molar-refractivity contribution in [3.8, 4) is 0 Å². The van der Waals surface area contributed by atoms with Crippen LogP contribution in [0.2, 0.25) is 0 Å². The monoisotopic (exact) mass is 498 g/mol. The van der Waals surface area contributed by atoms with Gasteiger partial charge in [0.2, 0.25) is 23.6 Å². The lowest BCUT2D eigenvalue weighted by atomic mass is 10.0. The Hall–Kier alpha value is -2.89. The third-order valence-corrected chi connectivity index (χ3v) is 5.48. The molecular weight excluding hydrogens is 456 g/mol. The molecule has 1 rings (SSSR count). The number of likely N-dealkylation sites (tertiary alicyclic amines) is 1. The SMILES string of the molecule is CC(C)C(NC(=O)C1CCCN1C(=O)C(CCCCN)NC(=O)CNC(=O)OC(C)(C)C)C(N)=O. The predicted molar refractivity (Wildman–Crippen MR) is 130 cm³/mol. The van der Waals surface area contributed by atoms with Gasteiger partial charge in [-0.1, -0.05) is 13.8 Å². The van der Waals surface area contributed by atoms with Gasteiger partial charge in [0.05, 0.1) is 0 Å². The molecular formula is C23H42N6O6. The van der Waals surface area contributed by atoms with Crippen molar-refractivity contribution in [3.63, 3.8) is 0 Å². The number of carbonyl (C=O) groups excluding carboxylic acids is 5. The molecule has 7 N–H and O–H groups in total. The van der Waals surface area contributed by atoms with Crippen molar-refractivity contribution in [1.82, 2.24) is 20.9 Å². The predicted octanol–water partition coefficient (Wildman–Crippen LogP) is -0.258. The van der Waals surface area contributed by atoms with Crippen molar-refractivity contribution < 1.29 is 28.7 Å². The minimum atomic E-state index is -0.889. The van der Waals surface area contributed by atoms with Crippen LogP contribution in [0.3, 0.4) is 0 Å².